The van der Waals surface area contributed by atoms with Gasteiger partial charge in [0, 0.05) is 6.08 Å². The molecule has 0 aliphatic rings. The van der Waals surface area contributed by atoms with Crippen LogP contribution in [0, 0.1) is 0 Å². The molecule has 0 radical (unpaired) electrons. The van der Waals surface area contributed by atoms with E-state index in [2.05, 4.69) is 5.32 Å². The third kappa shape index (κ3) is 4.26. The van der Waals surface area contributed by atoms with Gasteiger partial charge in [-0.15, -0.1) is 0 Å². The van der Waals surface area contributed by atoms with Gasteiger partial charge in [-0.3, -0.25) is 4.79 Å². The number of carbonyl (C=O) groups is 2. The van der Waals surface area contributed by atoms with E-state index in [4.69, 9.17) is 28.3 Å². The molecule has 2 N–H and O–H groups in total. The number of halogens is 2. The standard InChI is InChI=1S/C13H13Cl2NO3/c1-13(2,12(18)19)16-10(17)7-6-8-4-3-5-9(14)11(8)15/h3-7H,1-2H3,(H,16,17)(H,18,19). The van der Waals surface area contributed by atoms with Gasteiger partial charge in [0.15, 0.2) is 0 Å². The Morgan fingerprint density at radius 2 is 1.95 bits per heavy atom. The summed E-state index contributed by atoms with van der Waals surface area (Å²) in [7, 11) is 0. The Morgan fingerprint density at radius 1 is 1.32 bits per heavy atom. The molecule has 0 heterocycles. The molecule has 0 aliphatic heterocycles. The summed E-state index contributed by atoms with van der Waals surface area (Å²) >= 11 is 11.8. The predicted octanol–water partition coefficient (Wildman–Crippen LogP) is 2.99. The minimum Gasteiger partial charge on any atom is -0.480 e. The molecule has 6 heteroatoms. The van der Waals surface area contributed by atoms with Crippen LogP contribution in [0.1, 0.15) is 19.4 Å². The molecule has 1 rings (SSSR count). The summed E-state index contributed by atoms with van der Waals surface area (Å²) < 4.78 is 0. The Hall–Kier alpha value is -1.52. The maximum Gasteiger partial charge on any atom is 0.328 e. The lowest BCUT2D eigenvalue weighted by Gasteiger charge is -2.19. The SMILES string of the molecule is CC(C)(NC(=O)C=Cc1cccc(Cl)c1Cl)C(=O)O. The van der Waals surface area contributed by atoms with Gasteiger partial charge >= 0.3 is 5.97 Å². The lowest BCUT2D eigenvalue weighted by molar-refractivity contribution is -0.145. The van der Waals surface area contributed by atoms with Gasteiger partial charge in [0.05, 0.1) is 10.0 Å². The second-order valence-corrected chi connectivity index (χ2v) is 5.18. The summed E-state index contributed by atoms with van der Waals surface area (Å²) in [4.78, 5) is 22.4. The lowest BCUT2D eigenvalue weighted by atomic mass is 10.1. The van der Waals surface area contributed by atoms with E-state index < -0.39 is 17.4 Å². The topological polar surface area (TPSA) is 66.4 Å². The first-order valence-corrected chi connectivity index (χ1v) is 6.17. The number of rotatable bonds is 4. The van der Waals surface area contributed by atoms with Crippen LogP contribution in [0.3, 0.4) is 0 Å². The lowest BCUT2D eigenvalue weighted by Crippen LogP contribution is -2.49. The smallest absolute Gasteiger partial charge is 0.328 e. The van der Waals surface area contributed by atoms with Crippen LogP contribution >= 0.6 is 23.2 Å². The van der Waals surface area contributed by atoms with Gasteiger partial charge in [0.1, 0.15) is 5.54 Å². The number of carboxylic acid groups (broad SMARTS) is 1. The quantitative estimate of drug-likeness (QED) is 0.840. The molecule has 1 amide bonds. The number of benzene rings is 1. The van der Waals surface area contributed by atoms with Crippen molar-refractivity contribution in [3.63, 3.8) is 0 Å². The van der Waals surface area contributed by atoms with Crippen LogP contribution in [0.25, 0.3) is 6.08 Å². The molecule has 0 aliphatic carbocycles. The highest BCUT2D eigenvalue weighted by Crippen LogP contribution is 2.26. The molecule has 0 unspecified atom stereocenters. The third-order valence-corrected chi connectivity index (χ3v) is 3.20. The molecule has 0 spiro atoms. The van der Waals surface area contributed by atoms with Gasteiger partial charge in [-0.05, 0) is 31.6 Å². The maximum atomic E-state index is 11.6. The molecule has 0 bridgehead atoms. The predicted molar refractivity (Wildman–Crippen MR) is 75.4 cm³/mol. The molecule has 0 saturated heterocycles. The Bertz CT molecular complexity index is 539. The first-order chi connectivity index (χ1) is 8.74. The van der Waals surface area contributed by atoms with Crippen LogP contribution in [0.15, 0.2) is 24.3 Å². The van der Waals surface area contributed by atoms with Crippen LogP contribution in [0.2, 0.25) is 10.0 Å². The number of hydrogen-bond donors (Lipinski definition) is 2. The van der Waals surface area contributed by atoms with Gasteiger partial charge in [0.25, 0.3) is 0 Å². The fourth-order valence-electron chi connectivity index (χ4n) is 1.22. The van der Waals surface area contributed by atoms with E-state index in [1.165, 1.54) is 26.0 Å². The fraction of sp³-hybridized carbons (Fsp3) is 0.231. The van der Waals surface area contributed by atoms with Crippen LogP contribution < -0.4 is 5.32 Å². The van der Waals surface area contributed by atoms with E-state index in [1.54, 1.807) is 18.2 Å². The maximum absolute atomic E-state index is 11.6. The second-order valence-electron chi connectivity index (χ2n) is 4.40. The second kappa shape index (κ2) is 6.08. The Labute approximate surface area is 121 Å². The Kier molecular flexibility index (Phi) is 4.97. The van der Waals surface area contributed by atoms with Crippen molar-refractivity contribution in [3.8, 4) is 0 Å². The minimum atomic E-state index is -1.33. The molecule has 1 aromatic carbocycles. The number of carboxylic acids is 1. The number of nitrogens with one attached hydrogen (secondary N) is 1. The molecule has 1 aromatic rings. The first kappa shape index (κ1) is 15.5. The van der Waals surface area contributed by atoms with Crippen LogP contribution in [-0.4, -0.2) is 22.5 Å². The summed E-state index contributed by atoms with van der Waals surface area (Å²) in [5, 5.41) is 12.0. The van der Waals surface area contributed by atoms with Gasteiger partial charge in [-0.25, -0.2) is 4.79 Å². The molecular weight excluding hydrogens is 289 g/mol. The molecule has 19 heavy (non-hydrogen) atoms. The summed E-state index contributed by atoms with van der Waals surface area (Å²) in [6.07, 6.45) is 2.68. The third-order valence-electron chi connectivity index (χ3n) is 2.37. The van der Waals surface area contributed by atoms with Crippen molar-refractivity contribution in [2.24, 2.45) is 0 Å². The zero-order chi connectivity index (χ0) is 14.6. The zero-order valence-electron chi connectivity index (χ0n) is 10.4. The van der Waals surface area contributed by atoms with Gasteiger partial charge < -0.3 is 10.4 Å². The normalized spacial score (nSPS) is 11.6. The fourth-order valence-corrected chi connectivity index (χ4v) is 1.59. The van der Waals surface area contributed by atoms with Crippen LogP contribution in [0.5, 0.6) is 0 Å². The van der Waals surface area contributed by atoms with Crippen molar-refractivity contribution in [1.82, 2.24) is 5.32 Å². The average Bonchev–Trinajstić information content (AvgIpc) is 2.30. The molecule has 4 nitrogen and oxygen atoms in total. The summed E-state index contributed by atoms with van der Waals surface area (Å²) in [6.45, 7) is 2.79. The molecule has 0 aromatic heterocycles. The molecule has 0 fully saturated rings. The summed E-state index contributed by atoms with van der Waals surface area (Å²) in [5.74, 6) is -1.64. The van der Waals surface area contributed by atoms with Gasteiger partial charge in [-0.2, -0.15) is 0 Å². The van der Waals surface area contributed by atoms with Crippen molar-refractivity contribution in [1.29, 1.82) is 0 Å². The molecule has 0 atom stereocenters. The van der Waals surface area contributed by atoms with Crippen molar-refractivity contribution >= 4 is 41.2 Å². The number of amides is 1. The van der Waals surface area contributed by atoms with E-state index in [9.17, 15) is 9.59 Å². The highest BCUT2D eigenvalue weighted by atomic mass is 35.5. The number of carbonyl (C=O) groups excluding carboxylic acids is 1. The summed E-state index contributed by atoms with van der Waals surface area (Å²) in [5.41, 5.74) is -0.753. The Morgan fingerprint density at radius 3 is 2.53 bits per heavy atom. The van der Waals surface area contributed by atoms with E-state index >= 15 is 0 Å². The van der Waals surface area contributed by atoms with Gasteiger partial charge in [0.2, 0.25) is 5.91 Å². The Balaban J connectivity index is 2.80. The van der Waals surface area contributed by atoms with Crippen molar-refractivity contribution in [3.05, 3.63) is 39.9 Å². The van der Waals surface area contributed by atoms with E-state index in [0.29, 0.717) is 15.6 Å². The van der Waals surface area contributed by atoms with E-state index in [-0.39, 0.29) is 0 Å². The first-order valence-electron chi connectivity index (χ1n) is 5.41. The zero-order valence-corrected chi connectivity index (χ0v) is 11.9. The monoisotopic (exact) mass is 301 g/mol. The molecule has 0 saturated carbocycles. The summed E-state index contributed by atoms with van der Waals surface area (Å²) in [6, 6.07) is 5.03. The van der Waals surface area contributed by atoms with Crippen molar-refractivity contribution in [2.45, 2.75) is 19.4 Å². The highest BCUT2D eigenvalue weighted by Gasteiger charge is 2.27. The number of hydrogen-bond acceptors (Lipinski definition) is 2. The van der Waals surface area contributed by atoms with Crippen molar-refractivity contribution in [2.75, 3.05) is 0 Å². The molecule has 102 valence electrons. The largest absolute Gasteiger partial charge is 0.480 e. The average molecular weight is 302 g/mol. The van der Waals surface area contributed by atoms with Crippen LogP contribution in [-0.2, 0) is 9.59 Å². The van der Waals surface area contributed by atoms with Crippen molar-refractivity contribution < 1.29 is 14.7 Å². The van der Waals surface area contributed by atoms with E-state index in [0.717, 1.165) is 0 Å². The van der Waals surface area contributed by atoms with Crippen LogP contribution in [0.4, 0.5) is 0 Å². The minimum absolute atomic E-state index is 0.339. The number of aliphatic carboxylic acids is 1. The highest BCUT2D eigenvalue weighted by molar-refractivity contribution is 6.42. The molecular formula is C13H13Cl2NO3. The van der Waals surface area contributed by atoms with E-state index in [1.807, 2.05) is 0 Å². The van der Waals surface area contributed by atoms with Gasteiger partial charge in [-0.1, -0.05) is 35.3 Å².